The van der Waals surface area contributed by atoms with Crippen LogP contribution < -0.4 is 16.1 Å². The molecule has 1 aliphatic heterocycles. The number of carbonyl (C=O) groups excluding carboxylic acids is 4. The summed E-state index contributed by atoms with van der Waals surface area (Å²) in [7, 11) is 1.29. The Hall–Kier alpha value is -3.14. The normalized spacial score (nSPS) is 17.9. The number of ether oxygens (including phenoxy) is 1. The number of hydrazine groups is 1. The number of phenols is 1. The first-order valence-corrected chi connectivity index (χ1v) is 11.9. The summed E-state index contributed by atoms with van der Waals surface area (Å²) in [4.78, 5) is 51.3. The molecule has 0 spiro atoms. The predicted molar refractivity (Wildman–Crippen MR) is 130 cm³/mol. The largest absolute Gasteiger partial charge is 0.508 e. The number of methoxy groups -OCH3 is 1. The maximum absolute atomic E-state index is 13.5. The van der Waals surface area contributed by atoms with Crippen molar-refractivity contribution in [1.82, 2.24) is 21.1 Å². The lowest BCUT2D eigenvalue weighted by molar-refractivity contribution is -0.151. The van der Waals surface area contributed by atoms with Gasteiger partial charge in [-0.15, -0.1) is 0 Å². The molecule has 0 aromatic heterocycles. The van der Waals surface area contributed by atoms with Gasteiger partial charge in [-0.3, -0.25) is 24.2 Å². The fraction of sp³-hybridized carbons (Fsp3) is 0.600. The summed E-state index contributed by atoms with van der Waals surface area (Å²) in [5.41, 5.74) is 2.85. The van der Waals surface area contributed by atoms with Crippen LogP contribution in [-0.4, -0.2) is 65.6 Å². The van der Waals surface area contributed by atoms with Crippen molar-refractivity contribution in [2.24, 2.45) is 11.3 Å². The number of benzene rings is 1. The van der Waals surface area contributed by atoms with Gasteiger partial charge in [-0.05, 0) is 36.5 Å². The Bertz CT molecular complexity index is 927. The number of aromatic hydroxyl groups is 1. The number of hydrogen-bond donors (Lipinski definition) is 4. The second-order valence-electron chi connectivity index (χ2n) is 10.2. The van der Waals surface area contributed by atoms with Gasteiger partial charge in [-0.1, -0.05) is 46.8 Å². The number of esters is 1. The number of amides is 3. The molecule has 2 rings (SSSR count). The van der Waals surface area contributed by atoms with Crippen molar-refractivity contribution in [1.29, 1.82) is 0 Å². The van der Waals surface area contributed by atoms with Crippen molar-refractivity contribution >= 4 is 23.7 Å². The molecule has 10 heteroatoms. The van der Waals surface area contributed by atoms with Gasteiger partial charge in [0.1, 0.15) is 23.9 Å². The molecule has 3 amide bonds. The summed E-state index contributed by atoms with van der Waals surface area (Å²) in [6.07, 6.45) is 1.22. The van der Waals surface area contributed by atoms with Crippen LogP contribution in [0.15, 0.2) is 24.3 Å². The minimum Gasteiger partial charge on any atom is -0.508 e. The van der Waals surface area contributed by atoms with E-state index in [0.29, 0.717) is 24.9 Å². The molecule has 10 nitrogen and oxygen atoms in total. The predicted octanol–water partition coefficient (Wildman–Crippen LogP) is 1.27. The van der Waals surface area contributed by atoms with Crippen LogP contribution in [0.1, 0.15) is 53.0 Å². The molecular formula is C25H38N4O6. The SMILES string of the molecule is COC(=O)C1CCCN(C(=O)[C@H](Cc2cccc(O)c2)NC(=O)C(NC(=O)C(C)(C)C)C(C)C)N1. The van der Waals surface area contributed by atoms with Gasteiger partial charge in [0, 0.05) is 18.4 Å². The lowest BCUT2D eigenvalue weighted by Gasteiger charge is -2.35. The second-order valence-corrected chi connectivity index (χ2v) is 10.2. The molecule has 0 bridgehead atoms. The summed E-state index contributed by atoms with van der Waals surface area (Å²) in [6, 6.07) is 3.93. The van der Waals surface area contributed by atoms with Crippen LogP contribution in [0.4, 0.5) is 0 Å². The van der Waals surface area contributed by atoms with Crippen molar-refractivity contribution in [2.75, 3.05) is 13.7 Å². The smallest absolute Gasteiger partial charge is 0.324 e. The van der Waals surface area contributed by atoms with Gasteiger partial charge in [-0.2, -0.15) is 0 Å². The summed E-state index contributed by atoms with van der Waals surface area (Å²) in [6.45, 7) is 9.24. The Kier molecular flexibility index (Phi) is 9.64. The van der Waals surface area contributed by atoms with Crippen LogP contribution in [0.2, 0.25) is 0 Å². The van der Waals surface area contributed by atoms with Gasteiger partial charge in [-0.25, -0.2) is 5.43 Å². The van der Waals surface area contributed by atoms with Gasteiger partial charge in [0.15, 0.2) is 0 Å². The molecule has 194 valence electrons. The first-order chi connectivity index (χ1) is 16.3. The zero-order chi connectivity index (χ0) is 26.3. The monoisotopic (exact) mass is 490 g/mol. The van der Waals surface area contributed by atoms with Crippen molar-refractivity contribution < 1.29 is 29.0 Å². The summed E-state index contributed by atoms with van der Waals surface area (Å²) in [5.74, 6) is -1.85. The van der Waals surface area contributed by atoms with Gasteiger partial charge < -0.3 is 20.5 Å². The molecule has 1 fully saturated rings. The standard InChI is InChI=1S/C25H38N4O6/c1-15(2)20(27-24(34)25(3,4)5)21(31)26-19(14-16-9-7-10-17(30)13-16)22(32)29-12-8-11-18(28-29)23(33)35-6/h7,9-10,13,15,18-20,28,30H,8,11-12,14H2,1-6H3,(H,26,31)(H,27,34)/t18?,19-,20?/m0/s1. The second kappa shape index (κ2) is 12.0. The minimum absolute atomic E-state index is 0.0411. The van der Waals surface area contributed by atoms with Crippen LogP contribution in [0.3, 0.4) is 0 Å². The molecular weight excluding hydrogens is 452 g/mol. The lowest BCUT2D eigenvalue weighted by Crippen LogP contribution is -2.62. The number of phenolic OH excluding ortho intramolecular Hbond substituents is 1. The average Bonchev–Trinajstić information content (AvgIpc) is 2.80. The Morgan fingerprint density at radius 2 is 1.89 bits per heavy atom. The highest BCUT2D eigenvalue weighted by Gasteiger charge is 2.35. The third-order valence-electron chi connectivity index (χ3n) is 5.82. The van der Waals surface area contributed by atoms with Crippen molar-refractivity contribution in [3.63, 3.8) is 0 Å². The van der Waals surface area contributed by atoms with E-state index in [1.54, 1.807) is 32.9 Å². The van der Waals surface area contributed by atoms with E-state index >= 15 is 0 Å². The molecule has 0 saturated carbocycles. The topological polar surface area (TPSA) is 137 Å². The van der Waals surface area contributed by atoms with E-state index in [2.05, 4.69) is 16.1 Å². The van der Waals surface area contributed by atoms with Crippen LogP contribution in [0, 0.1) is 11.3 Å². The van der Waals surface area contributed by atoms with Gasteiger partial charge in [0.25, 0.3) is 5.91 Å². The van der Waals surface area contributed by atoms with Gasteiger partial charge >= 0.3 is 5.97 Å². The molecule has 1 aliphatic rings. The molecule has 1 heterocycles. The van der Waals surface area contributed by atoms with E-state index in [0.717, 1.165) is 0 Å². The number of hydrogen-bond acceptors (Lipinski definition) is 7. The van der Waals surface area contributed by atoms with E-state index in [9.17, 15) is 24.3 Å². The summed E-state index contributed by atoms with van der Waals surface area (Å²) >= 11 is 0. The molecule has 1 aromatic carbocycles. The first kappa shape index (κ1) is 28.1. The number of nitrogens with zero attached hydrogens (tertiary/aromatic N) is 1. The lowest BCUT2D eigenvalue weighted by atomic mass is 9.93. The average molecular weight is 491 g/mol. The summed E-state index contributed by atoms with van der Waals surface area (Å²) < 4.78 is 4.80. The van der Waals surface area contributed by atoms with Crippen LogP contribution >= 0.6 is 0 Å². The highest BCUT2D eigenvalue weighted by atomic mass is 16.5. The molecule has 1 aromatic rings. The Balaban J connectivity index is 2.27. The van der Waals surface area contributed by atoms with Crippen molar-refractivity contribution in [2.45, 2.75) is 72.0 Å². The summed E-state index contributed by atoms with van der Waals surface area (Å²) in [5, 5.41) is 16.8. The molecule has 4 N–H and O–H groups in total. The maximum Gasteiger partial charge on any atom is 0.324 e. The molecule has 2 unspecified atom stereocenters. The quantitative estimate of drug-likeness (QED) is 0.403. The molecule has 0 radical (unpaired) electrons. The Morgan fingerprint density at radius 1 is 1.20 bits per heavy atom. The first-order valence-electron chi connectivity index (χ1n) is 11.9. The third-order valence-corrected chi connectivity index (χ3v) is 5.82. The van der Waals surface area contributed by atoms with E-state index in [4.69, 9.17) is 4.74 Å². The minimum atomic E-state index is -0.999. The van der Waals surface area contributed by atoms with E-state index in [1.807, 2.05) is 13.8 Å². The zero-order valence-corrected chi connectivity index (χ0v) is 21.4. The van der Waals surface area contributed by atoms with Gasteiger partial charge in [0.2, 0.25) is 11.8 Å². The molecule has 35 heavy (non-hydrogen) atoms. The molecule has 1 saturated heterocycles. The fourth-order valence-corrected chi connectivity index (χ4v) is 3.72. The maximum atomic E-state index is 13.5. The fourth-order valence-electron chi connectivity index (χ4n) is 3.72. The number of carbonyl (C=O) groups is 4. The molecule has 0 aliphatic carbocycles. The Labute approximate surface area is 206 Å². The number of nitrogens with one attached hydrogen (secondary N) is 3. The highest BCUT2D eigenvalue weighted by Crippen LogP contribution is 2.17. The van der Waals surface area contributed by atoms with E-state index < -0.39 is 41.3 Å². The highest BCUT2D eigenvalue weighted by molar-refractivity contribution is 5.93. The third kappa shape index (κ3) is 7.95. The Morgan fingerprint density at radius 3 is 2.46 bits per heavy atom. The van der Waals surface area contributed by atoms with Crippen molar-refractivity contribution in [3.05, 3.63) is 29.8 Å². The number of rotatable bonds is 8. The van der Waals surface area contributed by atoms with E-state index in [-0.39, 0.29) is 24.0 Å². The zero-order valence-electron chi connectivity index (χ0n) is 21.4. The van der Waals surface area contributed by atoms with Crippen molar-refractivity contribution in [3.8, 4) is 5.75 Å². The van der Waals surface area contributed by atoms with Gasteiger partial charge in [0.05, 0.1) is 7.11 Å². The van der Waals surface area contributed by atoms with Crippen LogP contribution in [0.5, 0.6) is 5.75 Å². The van der Waals surface area contributed by atoms with Crippen LogP contribution in [-0.2, 0) is 30.3 Å². The molecule has 3 atom stereocenters. The van der Waals surface area contributed by atoms with E-state index in [1.165, 1.54) is 24.3 Å². The van der Waals surface area contributed by atoms with Crippen LogP contribution in [0.25, 0.3) is 0 Å².